The van der Waals surface area contributed by atoms with Crippen LogP contribution in [-0.2, 0) is 0 Å². The summed E-state index contributed by atoms with van der Waals surface area (Å²) in [7, 11) is 3.30. The lowest BCUT2D eigenvalue weighted by molar-refractivity contribution is 0.0706. The Morgan fingerprint density at radius 3 is 2.00 bits per heavy atom. The molecule has 16 heavy (non-hydrogen) atoms. The van der Waals surface area contributed by atoms with E-state index in [1.165, 1.54) is 14.7 Å². The summed E-state index contributed by atoms with van der Waals surface area (Å²) < 4.78 is 0. The van der Waals surface area contributed by atoms with Crippen molar-refractivity contribution in [2.24, 2.45) is 0 Å². The molecule has 2 aliphatic rings. The van der Waals surface area contributed by atoms with E-state index in [1.807, 2.05) is 6.92 Å². The Morgan fingerprint density at radius 2 is 1.56 bits per heavy atom. The minimum atomic E-state index is -0.394. The number of nitrogens with zero attached hydrogens (tertiary/aromatic N) is 4. The van der Waals surface area contributed by atoms with Gasteiger partial charge in [-0.25, -0.2) is 9.59 Å². The van der Waals surface area contributed by atoms with E-state index >= 15 is 0 Å². The van der Waals surface area contributed by atoms with Crippen LogP contribution in [0.2, 0.25) is 0 Å². The molecule has 0 aromatic heterocycles. The maximum absolute atomic E-state index is 11.9. The number of hydrogen-bond acceptors (Lipinski definition) is 3. The van der Waals surface area contributed by atoms with Crippen molar-refractivity contribution in [3.05, 3.63) is 0 Å². The SMILES string of the molecule is CCN1C(=O)N(CO)[C@H]2[C@H]1N(C)C(=O)N2C. The molecule has 2 heterocycles. The lowest BCUT2D eigenvalue weighted by atomic mass is 10.3. The number of urea groups is 2. The Morgan fingerprint density at radius 1 is 1.06 bits per heavy atom. The molecule has 0 aromatic carbocycles. The smallest absolute Gasteiger partial charge is 0.325 e. The summed E-state index contributed by atoms with van der Waals surface area (Å²) in [6, 6.07) is -0.370. The zero-order valence-corrected chi connectivity index (χ0v) is 9.62. The predicted octanol–water partition coefficient (Wildman–Crippen LogP) is -0.657. The van der Waals surface area contributed by atoms with Crippen molar-refractivity contribution in [3.8, 4) is 0 Å². The summed E-state index contributed by atoms with van der Waals surface area (Å²) in [5.41, 5.74) is 0. The van der Waals surface area contributed by atoms with Crippen molar-refractivity contribution in [1.29, 1.82) is 0 Å². The van der Waals surface area contributed by atoms with Crippen LogP contribution in [0.4, 0.5) is 9.59 Å². The van der Waals surface area contributed by atoms with Crippen LogP contribution < -0.4 is 0 Å². The lowest BCUT2D eigenvalue weighted by Gasteiger charge is -2.25. The highest BCUT2D eigenvalue weighted by Crippen LogP contribution is 2.32. The van der Waals surface area contributed by atoms with Gasteiger partial charge in [-0.05, 0) is 6.92 Å². The third-order valence-electron chi connectivity index (χ3n) is 3.29. The predicted molar refractivity (Wildman–Crippen MR) is 55.2 cm³/mol. The zero-order valence-electron chi connectivity index (χ0n) is 9.62. The maximum atomic E-state index is 11.9. The molecule has 0 spiro atoms. The highest BCUT2D eigenvalue weighted by molar-refractivity contribution is 5.84. The van der Waals surface area contributed by atoms with Gasteiger partial charge in [-0.15, -0.1) is 0 Å². The van der Waals surface area contributed by atoms with Crippen molar-refractivity contribution in [2.45, 2.75) is 19.3 Å². The molecule has 2 saturated heterocycles. The van der Waals surface area contributed by atoms with Gasteiger partial charge in [0, 0.05) is 20.6 Å². The first kappa shape index (κ1) is 11.0. The molecule has 0 radical (unpaired) electrons. The van der Waals surface area contributed by atoms with Crippen LogP contribution in [0.1, 0.15) is 6.92 Å². The Kier molecular flexibility index (Phi) is 2.42. The van der Waals surface area contributed by atoms with Gasteiger partial charge in [0.15, 0.2) is 6.17 Å². The monoisotopic (exact) mass is 228 g/mol. The van der Waals surface area contributed by atoms with Gasteiger partial charge in [-0.2, -0.15) is 0 Å². The summed E-state index contributed by atoms with van der Waals surface area (Å²) >= 11 is 0. The molecule has 2 fully saturated rings. The molecule has 4 amide bonds. The zero-order chi connectivity index (χ0) is 12.0. The molecule has 90 valence electrons. The molecule has 7 nitrogen and oxygen atoms in total. The summed E-state index contributed by atoms with van der Waals surface area (Å²) in [4.78, 5) is 29.6. The van der Waals surface area contributed by atoms with Crippen molar-refractivity contribution in [3.63, 3.8) is 0 Å². The van der Waals surface area contributed by atoms with Crippen molar-refractivity contribution in [2.75, 3.05) is 27.4 Å². The van der Waals surface area contributed by atoms with Gasteiger partial charge in [-0.3, -0.25) is 4.90 Å². The second kappa shape index (κ2) is 3.51. The van der Waals surface area contributed by atoms with Gasteiger partial charge >= 0.3 is 12.1 Å². The molecule has 0 unspecified atom stereocenters. The molecule has 2 rings (SSSR count). The second-order valence-corrected chi connectivity index (χ2v) is 4.01. The van der Waals surface area contributed by atoms with Gasteiger partial charge in [0.25, 0.3) is 0 Å². The lowest BCUT2D eigenvalue weighted by Crippen LogP contribution is -2.44. The van der Waals surface area contributed by atoms with Crippen molar-refractivity contribution < 1.29 is 14.7 Å². The molecule has 0 bridgehead atoms. The van der Waals surface area contributed by atoms with Gasteiger partial charge in [-0.1, -0.05) is 0 Å². The first-order chi connectivity index (χ1) is 7.54. The van der Waals surface area contributed by atoms with E-state index in [1.54, 1.807) is 19.0 Å². The van der Waals surface area contributed by atoms with E-state index in [9.17, 15) is 14.7 Å². The van der Waals surface area contributed by atoms with Crippen LogP contribution in [0.5, 0.6) is 0 Å². The maximum Gasteiger partial charge on any atom is 0.325 e. The largest absolute Gasteiger partial charge is 0.376 e. The fourth-order valence-corrected chi connectivity index (χ4v) is 2.47. The fraction of sp³-hybridized carbons (Fsp3) is 0.778. The molecule has 0 aromatic rings. The molecular formula is C9H16N4O3. The third kappa shape index (κ3) is 1.12. The number of likely N-dealkylation sites (N-methyl/N-ethyl adjacent to an activating group) is 3. The number of fused-ring (bicyclic) bond motifs is 1. The quantitative estimate of drug-likeness (QED) is 0.682. The summed E-state index contributed by atoms with van der Waals surface area (Å²) in [6.45, 7) is 2.00. The minimum Gasteiger partial charge on any atom is -0.376 e. The first-order valence-corrected chi connectivity index (χ1v) is 5.22. The number of aliphatic hydroxyl groups is 1. The van der Waals surface area contributed by atoms with Crippen LogP contribution in [0.3, 0.4) is 0 Å². The van der Waals surface area contributed by atoms with Crippen molar-refractivity contribution >= 4 is 12.1 Å². The highest BCUT2D eigenvalue weighted by atomic mass is 16.3. The van der Waals surface area contributed by atoms with Crippen LogP contribution in [0, 0.1) is 0 Å². The summed E-state index contributed by atoms with van der Waals surface area (Å²) in [5, 5.41) is 9.21. The Bertz CT molecular complexity index is 307. The number of carbonyl (C=O) groups is 2. The number of rotatable bonds is 2. The van der Waals surface area contributed by atoms with E-state index in [4.69, 9.17) is 0 Å². The topological polar surface area (TPSA) is 67.3 Å². The number of amides is 4. The average molecular weight is 228 g/mol. The Balaban J connectivity index is 2.38. The van der Waals surface area contributed by atoms with Crippen LogP contribution in [0.15, 0.2) is 0 Å². The van der Waals surface area contributed by atoms with E-state index in [-0.39, 0.29) is 25.0 Å². The van der Waals surface area contributed by atoms with E-state index in [2.05, 4.69) is 0 Å². The standard InChI is InChI=1S/C9H16N4O3/c1-4-12-6-7(13(5-14)9(12)16)11(3)8(15)10(6)2/h6-7,14H,4-5H2,1-3H3/t6-,7-/m0/s1. The fourth-order valence-electron chi connectivity index (χ4n) is 2.47. The molecular weight excluding hydrogens is 212 g/mol. The highest BCUT2D eigenvalue weighted by Gasteiger charge is 2.56. The molecule has 0 aliphatic carbocycles. The van der Waals surface area contributed by atoms with Gasteiger partial charge < -0.3 is 19.8 Å². The third-order valence-corrected chi connectivity index (χ3v) is 3.29. The van der Waals surface area contributed by atoms with Crippen LogP contribution >= 0.6 is 0 Å². The minimum absolute atomic E-state index is 0.139. The van der Waals surface area contributed by atoms with Crippen LogP contribution in [-0.4, -0.2) is 76.5 Å². The summed E-state index contributed by atoms with van der Waals surface area (Å²) in [6.07, 6.45) is -0.697. The van der Waals surface area contributed by atoms with Gasteiger partial charge in [0.05, 0.1) is 0 Å². The number of aliphatic hydroxyl groups excluding tert-OH is 1. The van der Waals surface area contributed by atoms with Crippen molar-refractivity contribution in [1.82, 2.24) is 19.6 Å². The Hall–Kier alpha value is -1.50. The molecule has 0 saturated carbocycles. The van der Waals surface area contributed by atoms with E-state index in [0.29, 0.717) is 6.54 Å². The average Bonchev–Trinajstić information content (AvgIpc) is 2.67. The molecule has 2 aliphatic heterocycles. The second-order valence-electron chi connectivity index (χ2n) is 4.01. The van der Waals surface area contributed by atoms with E-state index < -0.39 is 6.17 Å². The van der Waals surface area contributed by atoms with Gasteiger partial charge in [0.1, 0.15) is 12.9 Å². The number of hydrogen-bond donors (Lipinski definition) is 1. The van der Waals surface area contributed by atoms with Gasteiger partial charge in [0.2, 0.25) is 0 Å². The molecule has 7 heteroatoms. The summed E-state index contributed by atoms with van der Waals surface area (Å²) in [5.74, 6) is 0. The van der Waals surface area contributed by atoms with Crippen LogP contribution in [0.25, 0.3) is 0 Å². The Labute approximate surface area is 93.8 Å². The molecule has 1 N–H and O–H groups in total. The normalized spacial score (nSPS) is 29.5. The number of carbonyl (C=O) groups excluding carboxylic acids is 2. The first-order valence-electron chi connectivity index (χ1n) is 5.22. The molecule has 2 atom stereocenters. The van der Waals surface area contributed by atoms with E-state index in [0.717, 1.165) is 0 Å².